The Morgan fingerprint density at radius 3 is 2.69 bits per heavy atom. The lowest BCUT2D eigenvalue weighted by Gasteiger charge is -2.35. The van der Waals surface area contributed by atoms with E-state index in [1.54, 1.807) is 17.0 Å². The van der Waals surface area contributed by atoms with Crippen LogP contribution < -0.4 is 10.6 Å². The van der Waals surface area contributed by atoms with Crippen molar-refractivity contribution in [3.63, 3.8) is 0 Å². The van der Waals surface area contributed by atoms with Gasteiger partial charge in [0.25, 0.3) is 5.91 Å². The minimum absolute atomic E-state index is 0.0834. The Morgan fingerprint density at radius 1 is 1.29 bits per heavy atom. The predicted molar refractivity (Wildman–Crippen MR) is 138 cm³/mol. The quantitative estimate of drug-likeness (QED) is 0.497. The molecule has 0 unspecified atom stereocenters. The molecular formula is C25H28ClN5O3S. The van der Waals surface area contributed by atoms with Gasteiger partial charge in [0, 0.05) is 53.0 Å². The zero-order chi connectivity index (χ0) is 25.2. The van der Waals surface area contributed by atoms with Crippen molar-refractivity contribution in [1.29, 1.82) is 5.41 Å². The van der Waals surface area contributed by atoms with Crippen LogP contribution in [0.2, 0.25) is 5.02 Å². The Bertz CT molecular complexity index is 1210. The first-order valence-corrected chi connectivity index (χ1v) is 12.6. The molecule has 8 nitrogen and oxygen atoms in total. The van der Waals surface area contributed by atoms with E-state index in [-0.39, 0.29) is 17.9 Å². The van der Waals surface area contributed by atoms with E-state index in [0.29, 0.717) is 47.4 Å². The fourth-order valence-corrected chi connectivity index (χ4v) is 5.03. The number of thiazole rings is 1. The summed E-state index contributed by atoms with van der Waals surface area (Å²) >= 11 is 7.50. The molecule has 35 heavy (non-hydrogen) atoms. The third-order valence-electron chi connectivity index (χ3n) is 5.66. The van der Waals surface area contributed by atoms with Crippen LogP contribution >= 0.6 is 22.9 Å². The van der Waals surface area contributed by atoms with Crippen LogP contribution in [0, 0.1) is 11.3 Å². The first-order valence-electron chi connectivity index (χ1n) is 11.4. The number of hydrogen-bond acceptors (Lipinski definition) is 7. The van der Waals surface area contributed by atoms with Gasteiger partial charge < -0.3 is 25.7 Å². The highest BCUT2D eigenvalue weighted by Crippen LogP contribution is 2.30. The van der Waals surface area contributed by atoms with Crippen molar-refractivity contribution in [2.24, 2.45) is 5.92 Å². The maximum Gasteiger partial charge on any atom is 0.410 e. The number of ether oxygens (including phenoxy) is 1. The number of hydrogen-bond donors (Lipinski definition) is 3. The maximum absolute atomic E-state index is 12.5. The monoisotopic (exact) mass is 513 g/mol. The van der Waals surface area contributed by atoms with Crippen molar-refractivity contribution >= 4 is 46.7 Å². The number of piperidine rings is 1. The molecule has 2 aliphatic heterocycles. The van der Waals surface area contributed by atoms with E-state index in [1.165, 1.54) is 17.6 Å². The fourth-order valence-electron chi connectivity index (χ4n) is 3.98. The van der Waals surface area contributed by atoms with Gasteiger partial charge in [-0.2, -0.15) is 0 Å². The van der Waals surface area contributed by atoms with Crippen LogP contribution in [0.15, 0.2) is 47.2 Å². The van der Waals surface area contributed by atoms with E-state index >= 15 is 0 Å². The Morgan fingerprint density at radius 2 is 2.03 bits per heavy atom. The van der Waals surface area contributed by atoms with Crippen molar-refractivity contribution in [3.8, 4) is 11.3 Å². The standard InChI is InChI=1S/C25H28ClN5O3S/c1-25(2,3)34-24(33)31-9-7-15(8-10-31)19-12-21(32)30-22(28-19)18(13-27)23-29-20(14-35-23)16-5-4-6-17(26)11-16/h4-6,11-15,27-28H,7-10H2,1-3H3,(H,30,32)/b22-18-,27-13?. The van der Waals surface area contributed by atoms with E-state index in [4.69, 9.17) is 21.7 Å². The number of carbonyl (C=O) groups is 2. The van der Waals surface area contributed by atoms with Gasteiger partial charge in [0.15, 0.2) is 0 Å². The van der Waals surface area contributed by atoms with Crippen LogP contribution in [0.5, 0.6) is 0 Å². The zero-order valence-electron chi connectivity index (χ0n) is 19.9. The zero-order valence-corrected chi connectivity index (χ0v) is 21.4. The number of likely N-dealkylation sites (tertiary alicyclic amines) is 1. The summed E-state index contributed by atoms with van der Waals surface area (Å²) in [7, 11) is 0. The van der Waals surface area contributed by atoms with Crippen LogP contribution in [-0.4, -0.2) is 46.8 Å². The molecule has 3 heterocycles. The van der Waals surface area contributed by atoms with Crippen LogP contribution in [-0.2, 0) is 9.53 Å². The Labute approximate surface area is 213 Å². The van der Waals surface area contributed by atoms with Gasteiger partial charge in [-0.15, -0.1) is 11.3 Å². The average molecular weight is 514 g/mol. The first kappa shape index (κ1) is 24.9. The summed E-state index contributed by atoms with van der Waals surface area (Å²) in [6.45, 7) is 6.64. The van der Waals surface area contributed by atoms with Crippen molar-refractivity contribution in [1.82, 2.24) is 20.5 Å². The summed E-state index contributed by atoms with van der Waals surface area (Å²) in [6, 6.07) is 7.42. The molecule has 10 heteroatoms. The summed E-state index contributed by atoms with van der Waals surface area (Å²) in [5, 5.41) is 17.3. The van der Waals surface area contributed by atoms with Gasteiger partial charge in [-0.05, 0) is 45.7 Å². The maximum atomic E-state index is 12.5. The number of amides is 2. The van der Waals surface area contributed by atoms with Crippen LogP contribution in [0.4, 0.5) is 4.79 Å². The van der Waals surface area contributed by atoms with Gasteiger partial charge in [0.2, 0.25) is 0 Å². The molecule has 1 aromatic carbocycles. The van der Waals surface area contributed by atoms with Gasteiger partial charge in [-0.25, -0.2) is 9.78 Å². The van der Waals surface area contributed by atoms with E-state index in [0.717, 1.165) is 17.0 Å². The predicted octanol–water partition coefficient (Wildman–Crippen LogP) is 5.03. The number of rotatable bonds is 4. The third-order valence-corrected chi connectivity index (χ3v) is 6.77. The SMILES string of the molecule is CC(C)(C)OC(=O)N1CCC(C2=CC(=O)N/C(=C(/C=N)c3nc(-c4cccc(Cl)c4)cs3)N2)CC1. The molecule has 0 bridgehead atoms. The second kappa shape index (κ2) is 10.2. The summed E-state index contributed by atoms with van der Waals surface area (Å²) in [6.07, 6.45) is 3.84. The number of halogens is 1. The molecule has 0 atom stereocenters. The molecule has 0 saturated carbocycles. The second-order valence-corrected chi connectivity index (χ2v) is 10.7. The van der Waals surface area contributed by atoms with Gasteiger partial charge in [-0.1, -0.05) is 23.7 Å². The number of aromatic nitrogens is 1. The summed E-state index contributed by atoms with van der Waals surface area (Å²) in [5.74, 6) is 0.262. The van der Waals surface area contributed by atoms with Gasteiger partial charge in [0.05, 0.1) is 11.3 Å². The van der Waals surface area contributed by atoms with Gasteiger partial charge in [0.1, 0.15) is 16.4 Å². The van der Waals surface area contributed by atoms with E-state index in [1.807, 2.05) is 44.4 Å². The molecular weight excluding hydrogens is 486 g/mol. The minimum Gasteiger partial charge on any atom is -0.444 e. The van der Waals surface area contributed by atoms with Crippen LogP contribution in [0.3, 0.4) is 0 Å². The molecule has 2 amide bonds. The molecule has 1 saturated heterocycles. The molecule has 2 aliphatic rings. The summed E-state index contributed by atoms with van der Waals surface area (Å²) in [5.41, 5.74) is 2.37. The van der Waals surface area contributed by atoms with Gasteiger partial charge >= 0.3 is 6.09 Å². The Hall–Kier alpha value is -3.17. The molecule has 4 rings (SSSR count). The van der Waals surface area contributed by atoms with E-state index in [2.05, 4.69) is 15.6 Å². The number of benzene rings is 1. The number of nitrogens with zero attached hydrogens (tertiary/aromatic N) is 2. The van der Waals surface area contributed by atoms with Crippen molar-refractivity contribution in [2.45, 2.75) is 39.2 Å². The highest BCUT2D eigenvalue weighted by Gasteiger charge is 2.30. The lowest BCUT2D eigenvalue weighted by molar-refractivity contribution is -0.116. The third kappa shape index (κ3) is 6.10. The number of allylic oxidation sites excluding steroid dienone is 2. The smallest absolute Gasteiger partial charge is 0.410 e. The minimum atomic E-state index is -0.537. The molecule has 3 N–H and O–H groups in total. The fraction of sp³-hybridized carbons (Fsp3) is 0.360. The molecule has 184 valence electrons. The second-order valence-electron chi connectivity index (χ2n) is 9.44. The van der Waals surface area contributed by atoms with Crippen molar-refractivity contribution in [3.05, 3.63) is 57.3 Å². The van der Waals surface area contributed by atoms with Crippen molar-refractivity contribution in [2.75, 3.05) is 13.1 Å². The molecule has 1 aromatic heterocycles. The van der Waals surface area contributed by atoms with E-state index in [9.17, 15) is 9.59 Å². The number of carbonyl (C=O) groups excluding carboxylic acids is 2. The average Bonchev–Trinajstić information content (AvgIpc) is 3.28. The summed E-state index contributed by atoms with van der Waals surface area (Å²) < 4.78 is 5.47. The Balaban J connectivity index is 1.49. The molecule has 2 aromatic rings. The first-order chi connectivity index (χ1) is 16.6. The topological polar surface area (TPSA) is 107 Å². The largest absolute Gasteiger partial charge is 0.444 e. The van der Waals surface area contributed by atoms with Gasteiger partial charge in [-0.3, -0.25) is 4.79 Å². The number of nitrogens with one attached hydrogen (secondary N) is 3. The van der Waals surface area contributed by atoms with E-state index < -0.39 is 5.60 Å². The molecule has 0 spiro atoms. The Kier molecular flexibility index (Phi) is 7.28. The molecule has 0 radical (unpaired) electrons. The lowest BCUT2D eigenvalue weighted by Crippen LogP contribution is -2.44. The normalized spacial score (nSPS) is 18.3. The van der Waals surface area contributed by atoms with Crippen LogP contribution in [0.25, 0.3) is 16.8 Å². The lowest BCUT2D eigenvalue weighted by atomic mass is 9.92. The molecule has 1 fully saturated rings. The van der Waals surface area contributed by atoms with Crippen LogP contribution in [0.1, 0.15) is 38.6 Å². The summed E-state index contributed by atoms with van der Waals surface area (Å²) in [4.78, 5) is 31.3. The highest BCUT2D eigenvalue weighted by atomic mass is 35.5. The molecule has 0 aliphatic carbocycles. The highest BCUT2D eigenvalue weighted by molar-refractivity contribution is 7.11. The van der Waals surface area contributed by atoms with Crippen molar-refractivity contribution < 1.29 is 14.3 Å².